The van der Waals surface area contributed by atoms with Gasteiger partial charge in [0.05, 0.1) is 6.04 Å². The molecule has 0 aliphatic carbocycles. The summed E-state index contributed by atoms with van der Waals surface area (Å²) in [6.07, 6.45) is 3.34. The lowest BCUT2D eigenvalue weighted by Gasteiger charge is -2.33. The average Bonchev–Trinajstić information content (AvgIpc) is 2.17. The highest BCUT2D eigenvalue weighted by Gasteiger charge is 2.20. The van der Waals surface area contributed by atoms with Crippen LogP contribution in [0.4, 0.5) is 0 Å². The molecule has 1 unspecified atom stereocenters. The van der Waals surface area contributed by atoms with Gasteiger partial charge >= 0.3 is 0 Å². The van der Waals surface area contributed by atoms with Crippen molar-refractivity contribution in [2.24, 2.45) is 0 Å². The Balaban J connectivity index is 2.38. The number of aldehydes is 1. The van der Waals surface area contributed by atoms with Crippen LogP contribution in [0, 0.1) is 0 Å². The molecule has 0 bridgehead atoms. The summed E-state index contributed by atoms with van der Waals surface area (Å²) in [5, 5.41) is 3.31. The molecular weight excluding hydrogens is 152 g/mol. The first-order chi connectivity index (χ1) is 5.75. The van der Waals surface area contributed by atoms with Gasteiger partial charge in [0.1, 0.15) is 6.29 Å². The summed E-state index contributed by atoms with van der Waals surface area (Å²) >= 11 is 0. The smallest absolute Gasteiger partial charge is 0.136 e. The molecule has 3 heteroatoms. The first kappa shape index (κ1) is 9.68. The Morgan fingerprint density at radius 1 is 1.50 bits per heavy atom. The van der Waals surface area contributed by atoms with E-state index in [4.69, 9.17) is 0 Å². The molecule has 0 radical (unpaired) electrons. The SMILES string of the molecule is CC(C=O)N(C)C1CCNCC1. The predicted molar refractivity (Wildman–Crippen MR) is 49.2 cm³/mol. The lowest BCUT2D eigenvalue weighted by atomic mass is 10.0. The van der Waals surface area contributed by atoms with Crippen molar-refractivity contribution in [2.45, 2.75) is 31.8 Å². The first-order valence-electron chi connectivity index (χ1n) is 4.63. The second-order valence-electron chi connectivity index (χ2n) is 3.52. The van der Waals surface area contributed by atoms with Crippen LogP contribution in [0.15, 0.2) is 0 Å². The van der Waals surface area contributed by atoms with E-state index >= 15 is 0 Å². The van der Waals surface area contributed by atoms with E-state index in [1.54, 1.807) is 0 Å². The Bertz CT molecular complexity index is 143. The zero-order valence-corrected chi connectivity index (χ0v) is 7.92. The number of carbonyl (C=O) groups is 1. The van der Waals surface area contributed by atoms with Gasteiger partial charge in [-0.25, -0.2) is 0 Å². The number of carbonyl (C=O) groups excluding carboxylic acids is 1. The van der Waals surface area contributed by atoms with E-state index in [1.807, 2.05) is 14.0 Å². The van der Waals surface area contributed by atoms with Crippen molar-refractivity contribution in [3.05, 3.63) is 0 Å². The van der Waals surface area contributed by atoms with Crippen LogP contribution < -0.4 is 5.32 Å². The minimum absolute atomic E-state index is 0.0631. The molecule has 0 aromatic heterocycles. The van der Waals surface area contributed by atoms with Gasteiger partial charge in [-0.1, -0.05) is 0 Å². The van der Waals surface area contributed by atoms with Gasteiger partial charge < -0.3 is 10.1 Å². The zero-order chi connectivity index (χ0) is 8.97. The predicted octanol–water partition coefficient (Wildman–Crippen LogP) is 0.258. The summed E-state index contributed by atoms with van der Waals surface area (Å²) in [5.74, 6) is 0. The van der Waals surface area contributed by atoms with Crippen LogP contribution in [0.2, 0.25) is 0 Å². The first-order valence-corrected chi connectivity index (χ1v) is 4.63. The number of rotatable bonds is 3. The minimum atomic E-state index is 0.0631. The molecule has 3 nitrogen and oxygen atoms in total. The molecule has 1 atom stereocenters. The monoisotopic (exact) mass is 170 g/mol. The van der Waals surface area contributed by atoms with Crippen molar-refractivity contribution < 1.29 is 4.79 Å². The van der Waals surface area contributed by atoms with Gasteiger partial charge in [0, 0.05) is 6.04 Å². The number of likely N-dealkylation sites (N-methyl/N-ethyl adjacent to an activating group) is 1. The van der Waals surface area contributed by atoms with Crippen molar-refractivity contribution in [1.29, 1.82) is 0 Å². The minimum Gasteiger partial charge on any atom is -0.317 e. The van der Waals surface area contributed by atoms with E-state index < -0.39 is 0 Å². The van der Waals surface area contributed by atoms with Crippen molar-refractivity contribution in [1.82, 2.24) is 10.2 Å². The molecule has 0 aromatic rings. The van der Waals surface area contributed by atoms with Crippen LogP contribution in [0.25, 0.3) is 0 Å². The Kier molecular flexibility index (Phi) is 3.69. The van der Waals surface area contributed by atoms with Crippen molar-refractivity contribution in [3.63, 3.8) is 0 Å². The maximum Gasteiger partial charge on any atom is 0.136 e. The van der Waals surface area contributed by atoms with Crippen LogP contribution in [-0.2, 0) is 4.79 Å². The Hall–Kier alpha value is -0.410. The summed E-state index contributed by atoms with van der Waals surface area (Å²) in [4.78, 5) is 12.7. The molecule has 1 saturated heterocycles. The van der Waals surface area contributed by atoms with E-state index in [1.165, 1.54) is 0 Å². The van der Waals surface area contributed by atoms with Gasteiger partial charge in [-0.15, -0.1) is 0 Å². The van der Waals surface area contributed by atoms with Gasteiger partial charge in [0.15, 0.2) is 0 Å². The maximum absolute atomic E-state index is 10.5. The molecule has 0 spiro atoms. The third kappa shape index (κ3) is 2.29. The Morgan fingerprint density at radius 3 is 2.58 bits per heavy atom. The molecule has 70 valence electrons. The van der Waals surface area contributed by atoms with Gasteiger partial charge in [-0.3, -0.25) is 4.90 Å². The number of nitrogens with one attached hydrogen (secondary N) is 1. The molecule has 1 fully saturated rings. The molecular formula is C9H18N2O. The zero-order valence-electron chi connectivity index (χ0n) is 7.92. The highest BCUT2D eigenvalue weighted by molar-refractivity contribution is 5.56. The van der Waals surface area contributed by atoms with Crippen molar-refractivity contribution in [2.75, 3.05) is 20.1 Å². The number of piperidine rings is 1. The molecule has 12 heavy (non-hydrogen) atoms. The fourth-order valence-corrected chi connectivity index (χ4v) is 1.64. The maximum atomic E-state index is 10.5. The second-order valence-corrected chi connectivity index (χ2v) is 3.52. The fourth-order valence-electron chi connectivity index (χ4n) is 1.64. The third-order valence-electron chi connectivity index (χ3n) is 2.72. The average molecular weight is 170 g/mol. The topological polar surface area (TPSA) is 32.3 Å². The molecule has 1 aliphatic heterocycles. The van der Waals surface area contributed by atoms with Gasteiger partial charge in [0.2, 0.25) is 0 Å². The summed E-state index contributed by atoms with van der Waals surface area (Å²) in [5.41, 5.74) is 0. The van der Waals surface area contributed by atoms with Crippen molar-refractivity contribution >= 4 is 6.29 Å². The number of nitrogens with zero attached hydrogens (tertiary/aromatic N) is 1. The largest absolute Gasteiger partial charge is 0.317 e. The molecule has 1 aliphatic rings. The highest BCUT2D eigenvalue weighted by atomic mass is 16.1. The molecule has 0 aromatic carbocycles. The molecule has 1 N–H and O–H groups in total. The second kappa shape index (κ2) is 4.58. The van der Waals surface area contributed by atoms with E-state index in [2.05, 4.69) is 10.2 Å². The standard InChI is InChI=1S/C9H18N2O/c1-8(7-12)11(2)9-3-5-10-6-4-9/h7-10H,3-6H2,1-2H3. The van der Waals surface area contributed by atoms with E-state index in [0.717, 1.165) is 32.2 Å². The summed E-state index contributed by atoms with van der Waals surface area (Å²) < 4.78 is 0. The highest BCUT2D eigenvalue weighted by Crippen LogP contribution is 2.11. The van der Waals surface area contributed by atoms with Gasteiger partial charge in [-0.2, -0.15) is 0 Å². The summed E-state index contributed by atoms with van der Waals surface area (Å²) in [6.45, 7) is 4.12. The molecule has 1 rings (SSSR count). The quantitative estimate of drug-likeness (QED) is 0.617. The van der Waals surface area contributed by atoms with Gasteiger partial charge in [-0.05, 0) is 39.9 Å². The van der Waals surface area contributed by atoms with Gasteiger partial charge in [0.25, 0.3) is 0 Å². The van der Waals surface area contributed by atoms with Crippen LogP contribution in [0.1, 0.15) is 19.8 Å². The number of hydrogen-bond acceptors (Lipinski definition) is 3. The van der Waals surface area contributed by atoms with E-state index in [-0.39, 0.29) is 6.04 Å². The van der Waals surface area contributed by atoms with Crippen LogP contribution in [-0.4, -0.2) is 43.4 Å². The molecule has 1 heterocycles. The molecule has 0 saturated carbocycles. The Labute approximate surface area is 74.1 Å². The lowest BCUT2D eigenvalue weighted by Crippen LogP contribution is -2.45. The Morgan fingerprint density at radius 2 is 2.08 bits per heavy atom. The summed E-state index contributed by atoms with van der Waals surface area (Å²) in [6, 6.07) is 0.652. The van der Waals surface area contributed by atoms with Crippen LogP contribution >= 0.6 is 0 Å². The lowest BCUT2D eigenvalue weighted by molar-refractivity contribution is -0.112. The third-order valence-corrected chi connectivity index (χ3v) is 2.72. The van der Waals surface area contributed by atoms with Crippen LogP contribution in [0.3, 0.4) is 0 Å². The van der Waals surface area contributed by atoms with Crippen LogP contribution in [0.5, 0.6) is 0 Å². The summed E-state index contributed by atoms with van der Waals surface area (Å²) in [7, 11) is 2.04. The normalized spacial score (nSPS) is 22.6. The van der Waals surface area contributed by atoms with E-state index in [0.29, 0.717) is 6.04 Å². The van der Waals surface area contributed by atoms with E-state index in [9.17, 15) is 4.79 Å². The van der Waals surface area contributed by atoms with Crippen molar-refractivity contribution in [3.8, 4) is 0 Å². The fraction of sp³-hybridized carbons (Fsp3) is 0.889. The number of hydrogen-bond donors (Lipinski definition) is 1. The molecule has 0 amide bonds.